The van der Waals surface area contributed by atoms with Crippen LogP contribution in [0.2, 0.25) is 0 Å². The molecule has 0 fully saturated rings. The molecule has 0 radical (unpaired) electrons. The van der Waals surface area contributed by atoms with Crippen molar-refractivity contribution in [1.82, 2.24) is 5.32 Å². The molecule has 0 aliphatic rings. The smallest absolute Gasteiger partial charge is 0.264 e. The summed E-state index contributed by atoms with van der Waals surface area (Å²) in [6.45, 7) is 5.44. The van der Waals surface area contributed by atoms with Gasteiger partial charge < -0.3 is 5.32 Å². The molecule has 31 heavy (non-hydrogen) atoms. The molecule has 0 spiro atoms. The summed E-state index contributed by atoms with van der Waals surface area (Å²) in [6.07, 6.45) is 0. The number of rotatable bonds is 7. The van der Waals surface area contributed by atoms with Gasteiger partial charge in [0.2, 0.25) is 5.91 Å². The third kappa shape index (κ3) is 5.74. The van der Waals surface area contributed by atoms with Crippen molar-refractivity contribution in [2.24, 2.45) is 0 Å². The Kier molecular flexibility index (Phi) is 7.18. The fourth-order valence-corrected chi connectivity index (χ4v) is 4.80. The lowest BCUT2D eigenvalue weighted by atomic mass is 10.1. The number of hydrogen-bond acceptors (Lipinski definition) is 3. The van der Waals surface area contributed by atoms with Crippen LogP contribution in [0.3, 0.4) is 0 Å². The van der Waals surface area contributed by atoms with Crippen LogP contribution >= 0.6 is 15.9 Å². The lowest BCUT2D eigenvalue weighted by Gasteiger charge is -2.25. The highest BCUT2D eigenvalue weighted by molar-refractivity contribution is 9.10. The maximum absolute atomic E-state index is 13.4. The van der Waals surface area contributed by atoms with E-state index in [0.717, 1.165) is 25.5 Å². The molecule has 0 unspecified atom stereocenters. The molecule has 0 aromatic heterocycles. The van der Waals surface area contributed by atoms with Crippen LogP contribution in [0.5, 0.6) is 0 Å². The van der Waals surface area contributed by atoms with Crippen molar-refractivity contribution in [1.29, 1.82) is 0 Å². The van der Waals surface area contributed by atoms with Gasteiger partial charge in [-0.2, -0.15) is 0 Å². The van der Waals surface area contributed by atoms with Gasteiger partial charge in [0.25, 0.3) is 10.0 Å². The second-order valence-corrected chi connectivity index (χ2v) is 10.3. The number of anilines is 1. The molecule has 7 heteroatoms. The predicted molar refractivity (Wildman–Crippen MR) is 128 cm³/mol. The first-order valence-corrected chi connectivity index (χ1v) is 12.1. The summed E-state index contributed by atoms with van der Waals surface area (Å²) in [6, 6.07) is 21.1. The van der Waals surface area contributed by atoms with Crippen LogP contribution in [0.15, 0.2) is 82.2 Å². The van der Waals surface area contributed by atoms with E-state index in [4.69, 9.17) is 0 Å². The third-order valence-electron chi connectivity index (χ3n) is 4.97. The van der Waals surface area contributed by atoms with Crippen LogP contribution in [-0.2, 0) is 14.8 Å². The highest BCUT2D eigenvalue weighted by Gasteiger charge is 2.27. The van der Waals surface area contributed by atoms with Crippen LogP contribution in [0.25, 0.3) is 0 Å². The van der Waals surface area contributed by atoms with E-state index in [1.165, 1.54) is 0 Å². The fourth-order valence-electron chi connectivity index (χ4n) is 3.12. The molecule has 0 heterocycles. The van der Waals surface area contributed by atoms with E-state index < -0.39 is 10.0 Å². The van der Waals surface area contributed by atoms with Crippen LogP contribution < -0.4 is 9.62 Å². The first-order valence-electron chi connectivity index (χ1n) is 9.88. The van der Waals surface area contributed by atoms with Gasteiger partial charge in [0.15, 0.2) is 0 Å². The second kappa shape index (κ2) is 9.66. The second-order valence-electron chi connectivity index (χ2n) is 7.50. The first kappa shape index (κ1) is 23.0. The molecule has 5 nitrogen and oxygen atoms in total. The normalized spacial score (nSPS) is 12.3. The Labute approximate surface area is 192 Å². The van der Waals surface area contributed by atoms with Crippen LogP contribution in [-0.4, -0.2) is 20.9 Å². The van der Waals surface area contributed by atoms with E-state index in [1.807, 2.05) is 45.0 Å². The Balaban J connectivity index is 1.87. The van der Waals surface area contributed by atoms with Crippen molar-refractivity contribution in [2.45, 2.75) is 31.7 Å². The van der Waals surface area contributed by atoms with E-state index >= 15 is 0 Å². The van der Waals surface area contributed by atoms with Crippen molar-refractivity contribution >= 4 is 37.5 Å². The highest BCUT2D eigenvalue weighted by Crippen LogP contribution is 2.25. The summed E-state index contributed by atoms with van der Waals surface area (Å²) in [4.78, 5) is 13.0. The lowest BCUT2D eigenvalue weighted by Crippen LogP contribution is -2.41. The Bertz CT molecular complexity index is 1140. The number of sulfonamides is 1. The van der Waals surface area contributed by atoms with Crippen molar-refractivity contribution in [2.75, 3.05) is 10.8 Å². The number of halogens is 1. The van der Waals surface area contributed by atoms with Crippen molar-refractivity contribution < 1.29 is 13.2 Å². The predicted octanol–water partition coefficient (Wildman–Crippen LogP) is 5.14. The molecule has 1 N–H and O–H groups in total. The zero-order chi connectivity index (χ0) is 22.6. The molecule has 3 aromatic rings. The maximum Gasteiger partial charge on any atom is 0.264 e. The average Bonchev–Trinajstić information content (AvgIpc) is 2.73. The summed E-state index contributed by atoms with van der Waals surface area (Å²) < 4.78 is 28.7. The van der Waals surface area contributed by atoms with Gasteiger partial charge in [-0.1, -0.05) is 63.5 Å². The molecule has 3 rings (SSSR count). The van der Waals surface area contributed by atoms with Gasteiger partial charge in [-0.15, -0.1) is 0 Å². The molecular formula is C24H25BrN2O3S. The molecule has 1 amide bonds. The van der Waals surface area contributed by atoms with E-state index in [9.17, 15) is 13.2 Å². The van der Waals surface area contributed by atoms with Crippen molar-refractivity contribution in [3.63, 3.8) is 0 Å². The zero-order valence-corrected chi connectivity index (χ0v) is 20.1. The van der Waals surface area contributed by atoms with Crippen molar-refractivity contribution in [3.05, 3.63) is 94.0 Å². The summed E-state index contributed by atoms with van der Waals surface area (Å²) >= 11 is 3.37. The number of hydrogen-bond donors (Lipinski definition) is 1. The van der Waals surface area contributed by atoms with E-state index in [1.54, 1.807) is 48.5 Å². The van der Waals surface area contributed by atoms with Crippen LogP contribution in [0.4, 0.5) is 5.69 Å². The molecule has 0 saturated heterocycles. The van der Waals surface area contributed by atoms with Crippen LogP contribution in [0, 0.1) is 13.8 Å². The number of amides is 1. The Hall–Kier alpha value is -2.64. The Morgan fingerprint density at radius 2 is 1.42 bits per heavy atom. The zero-order valence-electron chi connectivity index (χ0n) is 17.7. The van der Waals surface area contributed by atoms with E-state index in [-0.39, 0.29) is 23.4 Å². The largest absolute Gasteiger partial charge is 0.348 e. The van der Waals surface area contributed by atoms with Gasteiger partial charge >= 0.3 is 0 Å². The highest BCUT2D eigenvalue weighted by atomic mass is 79.9. The minimum absolute atomic E-state index is 0.139. The Morgan fingerprint density at radius 1 is 0.903 bits per heavy atom. The minimum atomic E-state index is -3.93. The summed E-state index contributed by atoms with van der Waals surface area (Å²) in [5.41, 5.74) is 3.46. The molecule has 162 valence electrons. The number of carbonyl (C=O) groups excluding carboxylic acids is 1. The van der Waals surface area contributed by atoms with Gasteiger partial charge in [0.05, 0.1) is 16.6 Å². The standard InChI is InChI=1S/C24H25BrN2O3S/c1-17-4-8-20(9-5-17)19(3)26-24(28)16-27(22-12-10-21(25)11-13-22)31(29,30)23-14-6-18(2)7-15-23/h4-15,19H,16H2,1-3H3,(H,26,28)/t19-/m1/s1. The first-order chi connectivity index (χ1) is 14.7. The van der Waals surface area contributed by atoms with E-state index in [2.05, 4.69) is 21.2 Å². The lowest BCUT2D eigenvalue weighted by molar-refractivity contribution is -0.120. The van der Waals surface area contributed by atoms with Crippen LogP contribution in [0.1, 0.15) is 29.7 Å². The molecule has 0 aliphatic carbocycles. The fraction of sp³-hybridized carbons (Fsp3) is 0.208. The topological polar surface area (TPSA) is 66.5 Å². The third-order valence-corrected chi connectivity index (χ3v) is 7.28. The number of benzene rings is 3. The van der Waals surface area contributed by atoms with Gasteiger partial charge in [0, 0.05) is 4.47 Å². The monoisotopic (exact) mass is 500 g/mol. The molecular weight excluding hydrogens is 476 g/mol. The Morgan fingerprint density at radius 3 is 1.97 bits per heavy atom. The molecule has 0 saturated carbocycles. The molecule has 3 aromatic carbocycles. The summed E-state index contributed by atoms with van der Waals surface area (Å²) in [7, 11) is -3.93. The number of nitrogens with zero attached hydrogens (tertiary/aromatic N) is 1. The summed E-state index contributed by atoms with van der Waals surface area (Å²) in [5.74, 6) is -0.383. The van der Waals surface area contributed by atoms with Gasteiger partial charge in [-0.05, 0) is 62.7 Å². The quantitative estimate of drug-likeness (QED) is 0.488. The van der Waals surface area contributed by atoms with Gasteiger partial charge in [-0.25, -0.2) is 8.42 Å². The molecule has 0 aliphatic heterocycles. The average molecular weight is 501 g/mol. The van der Waals surface area contributed by atoms with E-state index in [0.29, 0.717) is 5.69 Å². The summed E-state index contributed by atoms with van der Waals surface area (Å²) in [5, 5.41) is 2.91. The number of aryl methyl sites for hydroxylation is 2. The van der Waals surface area contributed by atoms with Gasteiger partial charge in [0.1, 0.15) is 6.54 Å². The van der Waals surface area contributed by atoms with Gasteiger partial charge in [-0.3, -0.25) is 9.10 Å². The number of carbonyl (C=O) groups is 1. The number of nitrogens with one attached hydrogen (secondary N) is 1. The maximum atomic E-state index is 13.4. The SMILES string of the molecule is Cc1ccc([C@@H](C)NC(=O)CN(c2ccc(Br)cc2)S(=O)(=O)c2ccc(C)cc2)cc1. The molecule has 1 atom stereocenters. The van der Waals surface area contributed by atoms with Crippen molar-refractivity contribution in [3.8, 4) is 0 Å². The minimum Gasteiger partial charge on any atom is -0.348 e. The molecule has 0 bridgehead atoms.